The lowest BCUT2D eigenvalue weighted by molar-refractivity contribution is -0.147. The predicted octanol–water partition coefficient (Wildman–Crippen LogP) is 0.938. The van der Waals surface area contributed by atoms with Gasteiger partial charge in [-0.3, -0.25) is 4.98 Å². The zero-order chi connectivity index (χ0) is 13.8. The van der Waals surface area contributed by atoms with Gasteiger partial charge in [0, 0.05) is 35.4 Å². The molecule has 0 saturated heterocycles. The molecule has 0 amide bonds. The number of rotatable bonds is 5. The fraction of sp³-hybridized carbons (Fsp3) is 0.273. The van der Waals surface area contributed by atoms with Gasteiger partial charge in [-0.2, -0.15) is 0 Å². The first kappa shape index (κ1) is 13.6. The number of carboxylic acid groups (broad SMARTS) is 1. The van der Waals surface area contributed by atoms with Crippen LogP contribution in [0.15, 0.2) is 29.3 Å². The van der Waals surface area contributed by atoms with Crippen LogP contribution in [0.5, 0.6) is 0 Å². The Bertz CT molecular complexity index is 587. The maximum atomic E-state index is 10.6. The van der Waals surface area contributed by atoms with Crippen molar-refractivity contribution in [2.24, 2.45) is 0 Å². The van der Waals surface area contributed by atoms with E-state index >= 15 is 0 Å². The van der Waals surface area contributed by atoms with Crippen molar-refractivity contribution in [2.75, 3.05) is 0 Å². The number of aryl methyl sites for hydroxylation is 1. The second kappa shape index (κ2) is 5.89. The molecule has 100 valence electrons. The highest BCUT2D eigenvalue weighted by Crippen LogP contribution is 2.19. The van der Waals surface area contributed by atoms with E-state index < -0.39 is 12.1 Å². The summed E-state index contributed by atoms with van der Waals surface area (Å²) in [6, 6.07) is 1.83. The van der Waals surface area contributed by atoms with Crippen LogP contribution < -0.4 is 0 Å². The first-order chi connectivity index (χ1) is 9.08. The molecule has 1 atom stereocenters. The van der Waals surface area contributed by atoms with Gasteiger partial charge in [0.25, 0.3) is 0 Å². The maximum absolute atomic E-state index is 10.6. The minimum atomic E-state index is -1.39. The first-order valence-electron chi connectivity index (χ1n) is 5.47. The minimum absolute atomic E-state index is 0.0851. The van der Waals surface area contributed by atoms with Gasteiger partial charge >= 0.3 is 5.97 Å². The summed E-state index contributed by atoms with van der Waals surface area (Å²) < 4.78 is 2.49. The van der Waals surface area contributed by atoms with Crippen molar-refractivity contribution in [3.05, 3.63) is 29.3 Å². The molecule has 0 aliphatic carbocycles. The molecule has 1 unspecified atom stereocenters. The topological polar surface area (TPSA) is 101 Å². The van der Waals surface area contributed by atoms with Gasteiger partial charge in [0.15, 0.2) is 11.9 Å². The molecule has 2 rings (SSSR count). The number of hydrogen-bond donors (Lipinski definition) is 2. The van der Waals surface area contributed by atoms with Crippen LogP contribution in [0.1, 0.15) is 6.42 Å². The zero-order valence-electron chi connectivity index (χ0n) is 9.77. The smallest absolute Gasteiger partial charge is 0.332 e. The van der Waals surface area contributed by atoms with Gasteiger partial charge < -0.3 is 14.8 Å². The number of hydrogen-bond acceptors (Lipinski definition) is 5. The van der Waals surface area contributed by atoms with Crippen molar-refractivity contribution in [1.82, 2.24) is 19.7 Å². The molecule has 0 aliphatic rings. The Balaban J connectivity index is 2.16. The maximum Gasteiger partial charge on any atom is 0.332 e. The van der Waals surface area contributed by atoms with Gasteiger partial charge in [-0.05, 0) is 22.0 Å². The van der Waals surface area contributed by atoms with Crippen molar-refractivity contribution >= 4 is 21.9 Å². The van der Waals surface area contributed by atoms with E-state index in [1.807, 2.05) is 6.07 Å². The van der Waals surface area contributed by atoms with Gasteiger partial charge in [0.1, 0.15) is 6.33 Å². The molecule has 0 aliphatic heterocycles. The fourth-order valence-corrected chi connectivity index (χ4v) is 1.93. The summed E-state index contributed by atoms with van der Waals surface area (Å²) in [6.07, 6.45) is 3.47. The zero-order valence-corrected chi connectivity index (χ0v) is 11.4. The van der Waals surface area contributed by atoms with Crippen molar-refractivity contribution < 1.29 is 15.0 Å². The van der Waals surface area contributed by atoms with E-state index in [4.69, 9.17) is 5.11 Å². The second-order valence-corrected chi connectivity index (χ2v) is 4.80. The third-order valence-corrected chi connectivity index (χ3v) is 2.94. The normalized spacial score (nSPS) is 12.3. The highest BCUT2D eigenvalue weighted by Gasteiger charge is 2.15. The monoisotopic (exact) mass is 326 g/mol. The van der Waals surface area contributed by atoms with Crippen LogP contribution in [0.3, 0.4) is 0 Å². The van der Waals surface area contributed by atoms with Gasteiger partial charge in [0.2, 0.25) is 0 Å². The molecular weight excluding hydrogens is 316 g/mol. The third-order valence-electron chi connectivity index (χ3n) is 2.51. The fourth-order valence-electron chi connectivity index (χ4n) is 1.56. The van der Waals surface area contributed by atoms with Crippen LogP contribution in [0.4, 0.5) is 0 Å². The first-order valence-corrected chi connectivity index (χ1v) is 6.27. The van der Waals surface area contributed by atoms with Crippen LogP contribution in [0.2, 0.25) is 0 Å². The number of aromatic nitrogens is 4. The summed E-state index contributed by atoms with van der Waals surface area (Å²) in [5.74, 6) is -0.662. The van der Waals surface area contributed by atoms with Crippen LogP contribution in [0, 0.1) is 0 Å². The molecule has 0 aromatic carbocycles. The number of carbonyl (C=O) groups is 1. The molecule has 0 radical (unpaired) electrons. The Labute approximate surface area is 117 Å². The highest BCUT2D eigenvalue weighted by atomic mass is 79.9. The number of aliphatic hydroxyl groups excluding tert-OH is 1. The predicted molar refractivity (Wildman–Crippen MR) is 69.2 cm³/mol. The lowest BCUT2D eigenvalue weighted by Crippen LogP contribution is -2.21. The Kier molecular flexibility index (Phi) is 4.23. The average molecular weight is 327 g/mol. The summed E-state index contributed by atoms with van der Waals surface area (Å²) in [5.41, 5.74) is 0.761. The minimum Gasteiger partial charge on any atom is -0.479 e. The lowest BCUT2D eigenvalue weighted by Gasteiger charge is -2.08. The Morgan fingerprint density at radius 2 is 2.26 bits per heavy atom. The number of aliphatic hydroxyl groups is 1. The van der Waals surface area contributed by atoms with E-state index in [1.165, 1.54) is 6.33 Å². The molecule has 2 N–H and O–H groups in total. The molecule has 19 heavy (non-hydrogen) atoms. The lowest BCUT2D eigenvalue weighted by atomic mass is 10.2. The Morgan fingerprint density at radius 1 is 1.47 bits per heavy atom. The number of nitrogens with zero attached hydrogens (tertiary/aromatic N) is 4. The quantitative estimate of drug-likeness (QED) is 0.847. The Hall–Kier alpha value is -1.80. The van der Waals surface area contributed by atoms with Crippen LogP contribution in [0.25, 0.3) is 11.4 Å². The molecule has 0 spiro atoms. The van der Waals surface area contributed by atoms with E-state index in [0.717, 1.165) is 10.0 Å². The summed E-state index contributed by atoms with van der Waals surface area (Å²) in [5, 5.41) is 25.6. The van der Waals surface area contributed by atoms with Gasteiger partial charge in [-0.25, -0.2) is 4.79 Å². The van der Waals surface area contributed by atoms with Crippen LogP contribution in [-0.2, 0) is 11.3 Å². The van der Waals surface area contributed by atoms with E-state index in [1.54, 1.807) is 17.0 Å². The molecule has 7 nitrogen and oxygen atoms in total. The second-order valence-electron chi connectivity index (χ2n) is 3.88. The molecule has 0 fully saturated rings. The molecule has 2 heterocycles. The molecule has 2 aromatic rings. The number of carboxylic acids is 1. The average Bonchev–Trinajstić information content (AvgIpc) is 2.84. The van der Waals surface area contributed by atoms with Crippen molar-refractivity contribution in [3.8, 4) is 11.4 Å². The summed E-state index contributed by atoms with van der Waals surface area (Å²) >= 11 is 3.32. The van der Waals surface area contributed by atoms with Crippen molar-refractivity contribution in [1.29, 1.82) is 0 Å². The molecule has 8 heteroatoms. The van der Waals surface area contributed by atoms with Crippen molar-refractivity contribution in [2.45, 2.75) is 19.1 Å². The van der Waals surface area contributed by atoms with Crippen molar-refractivity contribution in [3.63, 3.8) is 0 Å². The largest absolute Gasteiger partial charge is 0.479 e. The number of aliphatic carboxylic acids is 1. The molecule has 0 saturated carbocycles. The molecule has 0 bridgehead atoms. The van der Waals surface area contributed by atoms with Crippen LogP contribution in [-0.4, -0.2) is 42.0 Å². The number of pyridine rings is 1. The number of halogens is 1. The highest BCUT2D eigenvalue weighted by molar-refractivity contribution is 9.10. The standard InChI is InChI=1S/C11H11BrN4O3/c12-8-3-7(4-13-5-8)10-15-14-6-16(10)2-1-9(17)11(18)19/h3-6,9,17H,1-2H2,(H,18,19). The van der Waals surface area contributed by atoms with E-state index in [9.17, 15) is 9.90 Å². The molecular formula is C11H11BrN4O3. The third kappa shape index (κ3) is 3.36. The summed E-state index contributed by atoms with van der Waals surface area (Å²) in [6.45, 7) is 0.308. The summed E-state index contributed by atoms with van der Waals surface area (Å²) in [7, 11) is 0. The SMILES string of the molecule is O=C(O)C(O)CCn1cnnc1-c1cncc(Br)c1. The van der Waals surface area contributed by atoms with Gasteiger partial charge in [0.05, 0.1) is 0 Å². The van der Waals surface area contributed by atoms with E-state index in [2.05, 4.69) is 31.1 Å². The van der Waals surface area contributed by atoms with E-state index in [0.29, 0.717) is 12.4 Å². The van der Waals surface area contributed by atoms with Gasteiger partial charge in [-0.15, -0.1) is 10.2 Å². The van der Waals surface area contributed by atoms with E-state index in [-0.39, 0.29) is 6.42 Å². The van der Waals surface area contributed by atoms with Gasteiger partial charge in [-0.1, -0.05) is 0 Å². The Morgan fingerprint density at radius 3 is 2.95 bits per heavy atom. The summed E-state index contributed by atoms with van der Waals surface area (Å²) in [4.78, 5) is 14.6. The molecule has 2 aromatic heterocycles. The van der Waals surface area contributed by atoms with Crippen LogP contribution >= 0.6 is 15.9 Å².